The monoisotopic (exact) mass is 594 g/mol. The molecular weight excluding hydrogens is 536 g/mol. The van der Waals surface area contributed by atoms with Gasteiger partial charge in [-0.25, -0.2) is 0 Å². The number of hydrogen-bond donors (Lipinski definition) is 3. The number of amides is 2. The number of rotatable bonds is 9. The fourth-order valence-corrected chi connectivity index (χ4v) is 5.37. The summed E-state index contributed by atoms with van der Waals surface area (Å²) >= 11 is 0. The molecule has 0 aliphatic carbocycles. The quantitative estimate of drug-likeness (QED) is 0.278. The molecule has 6 nitrogen and oxygen atoms in total. The lowest BCUT2D eigenvalue weighted by molar-refractivity contribution is -0.144. The van der Waals surface area contributed by atoms with Gasteiger partial charge in [0.15, 0.2) is 0 Å². The molecule has 0 radical (unpaired) electrons. The summed E-state index contributed by atoms with van der Waals surface area (Å²) in [5.74, 6) is 0.205. The molecule has 43 heavy (non-hydrogen) atoms. The van der Waals surface area contributed by atoms with E-state index in [4.69, 9.17) is 5.73 Å². The van der Waals surface area contributed by atoms with Crippen LogP contribution in [0.25, 0.3) is 0 Å². The zero-order valence-corrected chi connectivity index (χ0v) is 29.0. The highest BCUT2D eigenvalue weighted by atomic mass is 16.3. The van der Waals surface area contributed by atoms with Gasteiger partial charge < -0.3 is 15.9 Å². The lowest BCUT2D eigenvalue weighted by atomic mass is 9.78. The topological polar surface area (TPSA) is 104 Å². The van der Waals surface area contributed by atoms with E-state index in [0.29, 0.717) is 43.9 Å². The van der Waals surface area contributed by atoms with Crippen molar-refractivity contribution in [3.63, 3.8) is 0 Å². The number of aryl methyl sites for hydroxylation is 2. The van der Waals surface area contributed by atoms with Crippen LogP contribution in [0.15, 0.2) is 24.3 Å². The van der Waals surface area contributed by atoms with Crippen molar-refractivity contribution in [2.75, 3.05) is 13.1 Å². The van der Waals surface area contributed by atoms with Gasteiger partial charge >= 0.3 is 0 Å². The van der Waals surface area contributed by atoms with E-state index < -0.39 is 0 Å². The first kappa shape index (κ1) is 36.3. The van der Waals surface area contributed by atoms with Gasteiger partial charge in [-0.2, -0.15) is 0 Å². The molecule has 0 aliphatic heterocycles. The van der Waals surface area contributed by atoms with Gasteiger partial charge in [-0.15, -0.1) is 0 Å². The van der Waals surface area contributed by atoms with E-state index in [1.807, 2.05) is 24.3 Å². The summed E-state index contributed by atoms with van der Waals surface area (Å²) in [7, 11) is 0. The number of nitrogens with two attached hydrogens (primary N) is 1. The van der Waals surface area contributed by atoms with Crippen LogP contribution in [-0.2, 0) is 44.1 Å². The number of phenols is 2. The van der Waals surface area contributed by atoms with Crippen LogP contribution in [0.2, 0.25) is 0 Å². The molecule has 2 amide bonds. The first-order valence-corrected chi connectivity index (χ1v) is 15.8. The van der Waals surface area contributed by atoms with Crippen molar-refractivity contribution in [1.29, 1.82) is 0 Å². The third kappa shape index (κ3) is 9.56. The summed E-state index contributed by atoms with van der Waals surface area (Å²) in [4.78, 5) is 28.4. The van der Waals surface area contributed by atoms with Gasteiger partial charge in [0.1, 0.15) is 11.5 Å². The van der Waals surface area contributed by atoms with E-state index in [0.717, 1.165) is 33.4 Å². The SMILES string of the molecule is CC(C)(C)c1cc(CCC(=O)N(CCCN)C(=O)CCc2cc(C(C)(C)C)c(O)c(C(C)(C)C)c2)cc(C(C)(C)C)c1O. The van der Waals surface area contributed by atoms with Gasteiger partial charge in [0, 0.05) is 19.4 Å². The summed E-state index contributed by atoms with van der Waals surface area (Å²) in [5, 5.41) is 22.1. The maximum Gasteiger partial charge on any atom is 0.229 e. The molecule has 240 valence electrons. The van der Waals surface area contributed by atoms with Crippen LogP contribution in [0.4, 0.5) is 0 Å². The highest BCUT2D eigenvalue weighted by Gasteiger charge is 2.29. The van der Waals surface area contributed by atoms with Crippen LogP contribution < -0.4 is 5.73 Å². The molecule has 0 spiro atoms. The Morgan fingerprint density at radius 3 is 1.12 bits per heavy atom. The molecule has 0 atom stereocenters. The third-order valence-electron chi connectivity index (χ3n) is 8.01. The van der Waals surface area contributed by atoms with Crippen LogP contribution in [-0.4, -0.2) is 40.0 Å². The third-order valence-corrected chi connectivity index (χ3v) is 8.01. The molecular formula is C37H58N2O4. The van der Waals surface area contributed by atoms with Crippen LogP contribution >= 0.6 is 0 Å². The minimum Gasteiger partial charge on any atom is -0.507 e. The lowest BCUT2D eigenvalue weighted by Crippen LogP contribution is -2.38. The van der Waals surface area contributed by atoms with Crippen LogP contribution in [0, 0.1) is 0 Å². The Bertz CT molecular complexity index is 1130. The number of hydrogen-bond acceptors (Lipinski definition) is 5. The van der Waals surface area contributed by atoms with E-state index in [1.165, 1.54) is 4.90 Å². The summed E-state index contributed by atoms with van der Waals surface area (Å²) < 4.78 is 0. The summed E-state index contributed by atoms with van der Waals surface area (Å²) in [5.41, 5.74) is 10.1. The summed E-state index contributed by atoms with van der Waals surface area (Å²) in [6.07, 6.45) is 1.87. The van der Waals surface area contributed by atoms with Crippen LogP contribution in [0.1, 0.15) is 136 Å². The maximum absolute atomic E-state index is 13.5. The first-order chi connectivity index (χ1) is 19.5. The van der Waals surface area contributed by atoms with Gasteiger partial charge in [-0.05, 0) is 80.8 Å². The average molecular weight is 595 g/mol. The molecule has 2 aromatic carbocycles. The Morgan fingerprint density at radius 2 is 0.884 bits per heavy atom. The molecule has 4 N–H and O–H groups in total. The largest absolute Gasteiger partial charge is 0.507 e. The van der Waals surface area contributed by atoms with Gasteiger partial charge in [0.2, 0.25) is 11.8 Å². The highest BCUT2D eigenvalue weighted by Crippen LogP contribution is 2.41. The molecule has 6 heteroatoms. The Balaban J connectivity index is 2.31. The Labute approximate surface area is 261 Å². The predicted molar refractivity (Wildman–Crippen MR) is 178 cm³/mol. The van der Waals surface area contributed by atoms with E-state index in [2.05, 4.69) is 83.1 Å². The fourth-order valence-electron chi connectivity index (χ4n) is 5.37. The van der Waals surface area contributed by atoms with E-state index in [-0.39, 0.29) is 46.3 Å². The Morgan fingerprint density at radius 1 is 0.605 bits per heavy atom. The van der Waals surface area contributed by atoms with Crippen LogP contribution in [0.3, 0.4) is 0 Å². The van der Waals surface area contributed by atoms with Crippen molar-refractivity contribution in [3.05, 3.63) is 57.6 Å². The smallest absolute Gasteiger partial charge is 0.229 e. The predicted octanol–water partition coefficient (Wildman–Crippen LogP) is 7.56. The molecule has 0 fully saturated rings. The molecule has 0 heterocycles. The number of aromatic hydroxyl groups is 2. The summed E-state index contributed by atoms with van der Waals surface area (Å²) in [6, 6.07) is 7.98. The molecule has 0 saturated carbocycles. The molecule has 0 saturated heterocycles. The highest BCUT2D eigenvalue weighted by molar-refractivity contribution is 5.95. The fraction of sp³-hybridized carbons (Fsp3) is 0.622. The molecule has 0 unspecified atom stereocenters. The lowest BCUT2D eigenvalue weighted by Gasteiger charge is -2.28. The van der Waals surface area contributed by atoms with Crippen molar-refractivity contribution >= 4 is 11.8 Å². The number of benzene rings is 2. The van der Waals surface area contributed by atoms with E-state index in [1.54, 1.807) is 0 Å². The van der Waals surface area contributed by atoms with E-state index in [9.17, 15) is 19.8 Å². The molecule has 2 aromatic rings. The number of carbonyl (C=O) groups is 2. The molecule has 0 aromatic heterocycles. The van der Waals surface area contributed by atoms with Crippen molar-refractivity contribution in [3.8, 4) is 11.5 Å². The second-order valence-electron chi connectivity index (χ2n) is 16.2. The second kappa shape index (κ2) is 13.4. The van der Waals surface area contributed by atoms with Crippen molar-refractivity contribution in [2.45, 2.75) is 137 Å². The van der Waals surface area contributed by atoms with Crippen molar-refractivity contribution in [2.24, 2.45) is 5.73 Å². The summed E-state index contributed by atoms with van der Waals surface area (Å²) in [6.45, 7) is 25.5. The number of phenolic OH excluding ortho intramolecular Hbond substituents is 2. The molecule has 0 aliphatic rings. The van der Waals surface area contributed by atoms with Gasteiger partial charge in [0.25, 0.3) is 0 Å². The second-order valence-corrected chi connectivity index (χ2v) is 16.2. The molecule has 2 rings (SSSR count). The van der Waals surface area contributed by atoms with Gasteiger partial charge in [-0.1, -0.05) is 107 Å². The van der Waals surface area contributed by atoms with Crippen LogP contribution in [0.5, 0.6) is 11.5 Å². The maximum atomic E-state index is 13.5. The zero-order chi connectivity index (χ0) is 33.1. The van der Waals surface area contributed by atoms with Gasteiger partial charge in [-0.3, -0.25) is 14.5 Å². The zero-order valence-electron chi connectivity index (χ0n) is 29.0. The van der Waals surface area contributed by atoms with Crippen molar-refractivity contribution in [1.82, 2.24) is 4.90 Å². The molecule has 0 bridgehead atoms. The van der Waals surface area contributed by atoms with Crippen molar-refractivity contribution < 1.29 is 19.8 Å². The first-order valence-electron chi connectivity index (χ1n) is 15.8. The normalized spacial score (nSPS) is 12.9. The van der Waals surface area contributed by atoms with Gasteiger partial charge in [0.05, 0.1) is 0 Å². The number of nitrogens with zero attached hydrogens (tertiary/aromatic N) is 1. The minimum atomic E-state index is -0.263. The number of imide groups is 1. The average Bonchev–Trinajstić information content (AvgIpc) is 2.84. The Hall–Kier alpha value is -2.86. The standard InChI is InChI=1S/C37H58N2O4/c1-34(2,3)26-20-24(21-27(32(26)42)35(4,5)6)14-16-30(40)39(19-13-18-38)31(41)17-15-25-22-28(36(7,8)9)33(43)29(23-25)37(10,11)12/h20-23,42-43H,13-19,38H2,1-12H3. The number of carbonyl (C=O) groups excluding carboxylic acids is 2. The Kier molecular flexibility index (Phi) is 11.3. The minimum absolute atomic E-state index is 0.190. The van der Waals surface area contributed by atoms with E-state index >= 15 is 0 Å².